The van der Waals surface area contributed by atoms with Crippen LogP contribution in [0, 0.1) is 12.3 Å². The first kappa shape index (κ1) is 27.2. The number of alkyl halides is 1. The Morgan fingerprint density at radius 1 is 0.593 bits per heavy atom. The van der Waals surface area contributed by atoms with Crippen LogP contribution in [0.15, 0.2) is 0 Å². The van der Waals surface area contributed by atoms with E-state index in [2.05, 4.69) is 49.3 Å². The van der Waals surface area contributed by atoms with Crippen molar-refractivity contribution in [1.82, 2.24) is 0 Å². The van der Waals surface area contributed by atoms with E-state index in [9.17, 15) is 0 Å². The summed E-state index contributed by atoms with van der Waals surface area (Å²) >= 11 is 2.55. The number of nitrogens with zero attached hydrogens (tertiary/aromatic N) is 1. The van der Waals surface area contributed by atoms with Gasteiger partial charge in [-0.25, -0.2) is 0 Å². The summed E-state index contributed by atoms with van der Waals surface area (Å²) < 4.78 is 1.52. The Hall–Kier alpha value is 0.250. The van der Waals surface area contributed by atoms with Gasteiger partial charge in [0.05, 0.1) is 19.6 Å². The summed E-state index contributed by atoms with van der Waals surface area (Å²) in [7, 11) is 0. The maximum atomic E-state index is 5.93. The number of rotatable bonds is 20. The molecule has 0 radical (unpaired) electrons. The minimum Gasteiger partial charge on any atom is -0.303 e. The molecular formula is C25H49IN+. The molecule has 0 aliphatic heterocycles. The van der Waals surface area contributed by atoms with Crippen molar-refractivity contribution in [2.45, 2.75) is 128 Å². The van der Waals surface area contributed by atoms with Gasteiger partial charge >= 0.3 is 0 Å². The topological polar surface area (TPSA) is 0 Å². The number of unbranched alkanes of at least 4 members (excludes halogenated alkanes) is 13. The van der Waals surface area contributed by atoms with Gasteiger partial charge in [0.2, 0.25) is 4.05 Å². The molecule has 0 aliphatic carbocycles. The molecule has 160 valence electrons. The Morgan fingerprint density at radius 3 is 1.30 bits per heavy atom. The highest BCUT2D eigenvalue weighted by Crippen LogP contribution is 2.25. The lowest BCUT2D eigenvalue weighted by atomic mass is 10.1. The number of terminal acetylenes is 1. The molecule has 0 fully saturated rings. The van der Waals surface area contributed by atoms with Crippen molar-refractivity contribution >= 4 is 22.6 Å². The van der Waals surface area contributed by atoms with Gasteiger partial charge in [-0.05, 0) is 38.0 Å². The summed E-state index contributed by atoms with van der Waals surface area (Å²) in [5.74, 6) is 3.11. The Morgan fingerprint density at radius 2 is 0.926 bits per heavy atom. The predicted molar refractivity (Wildman–Crippen MR) is 132 cm³/mol. The zero-order chi connectivity index (χ0) is 20.2. The number of hydrogen-bond acceptors (Lipinski definition) is 0. The van der Waals surface area contributed by atoms with Gasteiger partial charge in [0.25, 0.3) is 0 Å². The van der Waals surface area contributed by atoms with E-state index in [0.717, 1.165) is 0 Å². The molecule has 0 aromatic heterocycles. The van der Waals surface area contributed by atoms with Crippen LogP contribution in [0.5, 0.6) is 0 Å². The minimum absolute atomic E-state index is 0.342. The molecule has 0 N–H and O–H groups in total. The lowest BCUT2D eigenvalue weighted by Gasteiger charge is -2.41. The maximum absolute atomic E-state index is 5.93. The van der Waals surface area contributed by atoms with Crippen molar-refractivity contribution in [2.75, 3.05) is 19.6 Å². The first-order valence-electron chi connectivity index (χ1n) is 12.1. The van der Waals surface area contributed by atoms with Crippen molar-refractivity contribution in [3.8, 4) is 12.3 Å². The van der Waals surface area contributed by atoms with Crippen LogP contribution in [0.3, 0.4) is 0 Å². The molecule has 2 heteroatoms. The zero-order valence-corrected chi connectivity index (χ0v) is 21.1. The third-order valence-electron chi connectivity index (χ3n) is 5.99. The first-order valence-corrected chi connectivity index (χ1v) is 13.4. The Labute approximate surface area is 186 Å². The van der Waals surface area contributed by atoms with Crippen LogP contribution in [0.2, 0.25) is 0 Å². The number of halogens is 1. The summed E-state index contributed by atoms with van der Waals surface area (Å²) in [4.78, 5) is 0. The van der Waals surface area contributed by atoms with Gasteiger partial charge in [0.1, 0.15) is 0 Å². The van der Waals surface area contributed by atoms with E-state index in [4.69, 9.17) is 6.42 Å². The van der Waals surface area contributed by atoms with E-state index < -0.39 is 0 Å². The van der Waals surface area contributed by atoms with Gasteiger partial charge in [-0.2, -0.15) is 0 Å². The smallest absolute Gasteiger partial charge is 0.200 e. The van der Waals surface area contributed by atoms with Crippen molar-refractivity contribution in [2.24, 2.45) is 0 Å². The molecule has 27 heavy (non-hydrogen) atoms. The molecule has 0 bridgehead atoms. The molecule has 0 aliphatic rings. The van der Waals surface area contributed by atoms with E-state index in [0.29, 0.717) is 4.05 Å². The van der Waals surface area contributed by atoms with Crippen LogP contribution < -0.4 is 0 Å². The van der Waals surface area contributed by atoms with Gasteiger partial charge in [0.15, 0.2) is 0 Å². The fourth-order valence-electron chi connectivity index (χ4n) is 4.07. The fourth-order valence-corrected chi connectivity index (χ4v) is 4.91. The van der Waals surface area contributed by atoms with Crippen LogP contribution >= 0.6 is 22.6 Å². The third kappa shape index (κ3) is 14.0. The fraction of sp³-hybridized carbons (Fsp3) is 0.920. The lowest BCUT2D eigenvalue weighted by molar-refractivity contribution is -0.927. The van der Waals surface area contributed by atoms with Gasteiger partial charge in [0, 0.05) is 22.6 Å². The highest BCUT2D eigenvalue weighted by Gasteiger charge is 2.32. The van der Waals surface area contributed by atoms with Gasteiger partial charge in [-0.15, -0.1) is 6.42 Å². The van der Waals surface area contributed by atoms with Crippen LogP contribution in [-0.2, 0) is 0 Å². The SMILES string of the molecule is C#CC(I)[N+](CCCC)(CCCCCCCCC)CCCCCCCCC. The Bertz CT molecular complexity index is 329. The van der Waals surface area contributed by atoms with Crippen molar-refractivity contribution in [1.29, 1.82) is 0 Å². The molecule has 0 saturated carbocycles. The van der Waals surface area contributed by atoms with Crippen molar-refractivity contribution in [3.63, 3.8) is 0 Å². The first-order chi connectivity index (χ1) is 13.2. The summed E-state index contributed by atoms with van der Waals surface area (Å²) in [6.45, 7) is 10.8. The molecule has 0 saturated heterocycles. The summed E-state index contributed by atoms with van der Waals surface area (Å²) in [5, 5.41) is 0. The molecule has 0 aromatic carbocycles. The Balaban J connectivity index is 4.43. The predicted octanol–water partition coefficient (Wildman–Crippen LogP) is 8.50. The zero-order valence-electron chi connectivity index (χ0n) is 18.9. The maximum Gasteiger partial charge on any atom is 0.200 e. The quantitative estimate of drug-likeness (QED) is 0.0401. The number of quaternary nitrogens is 1. The molecule has 0 spiro atoms. The second-order valence-electron chi connectivity index (χ2n) is 8.49. The van der Waals surface area contributed by atoms with E-state index in [1.54, 1.807) is 0 Å². The average Bonchev–Trinajstić information content (AvgIpc) is 2.69. The minimum atomic E-state index is 0.342. The summed E-state index contributed by atoms with van der Waals surface area (Å²) in [6.07, 6.45) is 28.0. The van der Waals surface area contributed by atoms with Crippen LogP contribution in [0.1, 0.15) is 124 Å². The van der Waals surface area contributed by atoms with Crippen molar-refractivity contribution in [3.05, 3.63) is 0 Å². The molecule has 0 rings (SSSR count). The number of hydrogen-bond donors (Lipinski definition) is 0. The second-order valence-corrected chi connectivity index (χ2v) is 9.67. The molecule has 1 atom stereocenters. The summed E-state index contributed by atoms with van der Waals surface area (Å²) in [6, 6.07) is 0. The van der Waals surface area contributed by atoms with Crippen LogP contribution in [0.25, 0.3) is 0 Å². The van der Waals surface area contributed by atoms with E-state index in [1.165, 1.54) is 127 Å². The normalized spacial score (nSPS) is 12.9. The summed E-state index contributed by atoms with van der Waals surface area (Å²) in [5.41, 5.74) is 0. The largest absolute Gasteiger partial charge is 0.303 e. The molecular weight excluding hydrogens is 441 g/mol. The standard InChI is InChI=1S/C25H49IN/c1-5-9-12-14-16-18-20-23-27(22-11-7-3,25(26)8-4)24-21-19-17-15-13-10-6-2/h4,25H,5-7,9-24H2,1-3H3/q+1. The van der Waals surface area contributed by atoms with Crippen molar-refractivity contribution < 1.29 is 4.48 Å². The second kappa shape index (κ2) is 19.6. The van der Waals surface area contributed by atoms with Gasteiger partial charge in [-0.3, -0.25) is 0 Å². The van der Waals surface area contributed by atoms with E-state index in [-0.39, 0.29) is 0 Å². The molecule has 1 nitrogen and oxygen atoms in total. The molecule has 0 aromatic rings. The van der Waals surface area contributed by atoms with Crippen LogP contribution in [0.4, 0.5) is 0 Å². The molecule has 0 heterocycles. The highest BCUT2D eigenvalue weighted by atomic mass is 127. The third-order valence-corrected chi connectivity index (χ3v) is 7.53. The average molecular weight is 491 g/mol. The lowest BCUT2D eigenvalue weighted by Crippen LogP contribution is -2.54. The van der Waals surface area contributed by atoms with E-state index >= 15 is 0 Å². The molecule has 0 amide bonds. The van der Waals surface area contributed by atoms with Gasteiger partial charge < -0.3 is 4.48 Å². The Kier molecular flexibility index (Phi) is 19.7. The monoisotopic (exact) mass is 490 g/mol. The van der Waals surface area contributed by atoms with Gasteiger partial charge in [-0.1, -0.05) is 91.4 Å². The highest BCUT2D eigenvalue weighted by molar-refractivity contribution is 14.1. The van der Waals surface area contributed by atoms with E-state index in [1.807, 2.05) is 0 Å². The molecule has 1 unspecified atom stereocenters. The van der Waals surface area contributed by atoms with Crippen LogP contribution in [-0.4, -0.2) is 28.2 Å².